The number of likely N-dealkylation sites (tertiary alicyclic amines) is 1. The van der Waals surface area contributed by atoms with Crippen LogP contribution in [-0.2, 0) is 0 Å². The van der Waals surface area contributed by atoms with Crippen molar-refractivity contribution in [2.75, 3.05) is 13.1 Å². The normalized spacial score (nSPS) is 19.7. The zero-order valence-corrected chi connectivity index (χ0v) is 15.7. The number of phenols is 1. The minimum Gasteiger partial charge on any atom is -0.508 e. The molecular weight excluding hydrogens is 350 g/mol. The summed E-state index contributed by atoms with van der Waals surface area (Å²) < 4.78 is 5.96. The summed E-state index contributed by atoms with van der Waals surface area (Å²) in [4.78, 5) is 6.75. The highest BCUT2D eigenvalue weighted by Crippen LogP contribution is 2.44. The van der Waals surface area contributed by atoms with E-state index >= 15 is 0 Å². The van der Waals surface area contributed by atoms with Crippen LogP contribution in [0.1, 0.15) is 42.7 Å². The van der Waals surface area contributed by atoms with E-state index in [-0.39, 0.29) is 11.7 Å². The maximum Gasteiger partial charge on any atom is 0.235 e. The Morgan fingerprint density at radius 1 is 1.07 bits per heavy atom. The Hall–Kier alpha value is -3.26. The van der Waals surface area contributed by atoms with Crippen LogP contribution in [0, 0.1) is 11.3 Å². The van der Waals surface area contributed by atoms with Crippen molar-refractivity contribution in [1.82, 2.24) is 4.90 Å². The monoisotopic (exact) mass is 373 g/mol. The first kappa shape index (κ1) is 18.1. The first-order valence-corrected chi connectivity index (χ1v) is 9.74. The number of allylic oxidation sites excluding steroid dienone is 1. The Balaban J connectivity index is 1.75. The van der Waals surface area contributed by atoms with Gasteiger partial charge >= 0.3 is 0 Å². The van der Waals surface area contributed by atoms with Gasteiger partial charge in [-0.15, -0.1) is 0 Å². The van der Waals surface area contributed by atoms with Crippen molar-refractivity contribution in [1.29, 1.82) is 5.26 Å². The summed E-state index contributed by atoms with van der Waals surface area (Å²) in [6.45, 7) is 1.94. The van der Waals surface area contributed by atoms with Crippen LogP contribution < -0.4 is 4.74 Å². The average Bonchev–Trinajstić information content (AvgIpc) is 3.00. The molecule has 2 aliphatic heterocycles. The number of hydrogen-bond donors (Lipinski definition) is 1. The number of ether oxygens (including phenoxy) is 1. The molecule has 0 saturated carbocycles. The van der Waals surface area contributed by atoms with E-state index in [4.69, 9.17) is 4.74 Å². The zero-order chi connectivity index (χ0) is 19.3. The zero-order valence-electron chi connectivity index (χ0n) is 15.7. The second-order valence-electron chi connectivity index (χ2n) is 7.19. The van der Waals surface area contributed by atoms with Gasteiger partial charge in [0.25, 0.3) is 0 Å². The van der Waals surface area contributed by atoms with Crippen LogP contribution in [0.5, 0.6) is 11.5 Å². The van der Waals surface area contributed by atoms with Gasteiger partial charge in [-0.3, -0.25) is 0 Å². The third kappa shape index (κ3) is 3.72. The molecule has 1 fully saturated rings. The second-order valence-corrected chi connectivity index (χ2v) is 7.19. The van der Waals surface area contributed by atoms with Crippen LogP contribution in [0.2, 0.25) is 0 Å². The number of rotatable bonds is 3. The summed E-state index contributed by atoms with van der Waals surface area (Å²) in [5.74, 6) is 0.697. The molecule has 2 heterocycles. The van der Waals surface area contributed by atoms with Crippen molar-refractivity contribution in [2.24, 2.45) is 4.99 Å². The number of aliphatic imine (C=N–C) groups is 1. The van der Waals surface area contributed by atoms with Crippen LogP contribution in [0.15, 0.2) is 65.0 Å². The Morgan fingerprint density at radius 3 is 2.54 bits per heavy atom. The van der Waals surface area contributed by atoms with E-state index in [0.29, 0.717) is 17.2 Å². The van der Waals surface area contributed by atoms with Gasteiger partial charge in [0.05, 0.1) is 12.3 Å². The molecule has 0 bridgehead atoms. The summed E-state index contributed by atoms with van der Waals surface area (Å²) in [5.41, 5.74) is 2.33. The lowest BCUT2D eigenvalue weighted by Gasteiger charge is -2.27. The fourth-order valence-corrected chi connectivity index (χ4v) is 3.83. The summed E-state index contributed by atoms with van der Waals surface area (Å²) in [7, 11) is 0. The fourth-order valence-electron chi connectivity index (χ4n) is 3.83. The molecule has 0 aliphatic carbocycles. The molecule has 1 unspecified atom stereocenters. The standard InChI is InChI=1S/C23H23N3O2/c24-15-20-22(17-8-4-3-5-9-17)19-11-10-18(27)14-21(19)28-23(20)25-16-26-12-6-1-2-7-13-26/h3-5,8-11,14,16,22,27H,1-2,6-7,12-13H2. The Bertz CT molecular complexity index is 936. The Labute approximate surface area is 165 Å². The molecule has 0 amide bonds. The van der Waals surface area contributed by atoms with E-state index in [0.717, 1.165) is 37.1 Å². The van der Waals surface area contributed by atoms with Gasteiger partial charge < -0.3 is 14.7 Å². The van der Waals surface area contributed by atoms with E-state index in [9.17, 15) is 10.4 Å². The molecule has 5 nitrogen and oxygen atoms in total. The molecule has 4 rings (SSSR count). The maximum atomic E-state index is 9.93. The Kier molecular flexibility index (Phi) is 5.29. The average molecular weight is 373 g/mol. The third-order valence-corrected chi connectivity index (χ3v) is 5.27. The lowest BCUT2D eigenvalue weighted by molar-refractivity contribution is 0.384. The van der Waals surface area contributed by atoms with Gasteiger partial charge in [-0.05, 0) is 24.5 Å². The first-order chi connectivity index (χ1) is 13.8. The highest BCUT2D eigenvalue weighted by molar-refractivity contribution is 5.61. The van der Waals surface area contributed by atoms with Gasteiger partial charge in [-0.1, -0.05) is 49.2 Å². The number of nitriles is 1. The molecule has 142 valence electrons. The molecule has 0 spiro atoms. The van der Waals surface area contributed by atoms with Crippen molar-refractivity contribution >= 4 is 6.34 Å². The molecule has 0 aromatic heterocycles. The number of phenolic OH excluding ortho intramolecular Hbond substituents is 1. The van der Waals surface area contributed by atoms with Gasteiger partial charge in [0.1, 0.15) is 23.1 Å². The molecule has 1 N–H and O–H groups in total. The smallest absolute Gasteiger partial charge is 0.235 e. The molecule has 2 aliphatic rings. The van der Waals surface area contributed by atoms with Gasteiger partial charge in [0.15, 0.2) is 0 Å². The van der Waals surface area contributed by atoms with Crippen LogP contribution in [0.25, 0.3) is 0 Å². The number of nitrogens with zero attached hydrogens (tertiary/aromatic N) is 3. The third-order valence-electron chi connectivity index (χ3n) is 5.27. The fraction of sp³-hybridized carbons (Fsp3) is 0.304. The van der Waals surface area contributed by atoms with Crippen LogP contribution in [0.4, 0.5) is 0 Å². The molecule has 5 heteroatoms. The Morgan fingerprint density at radius 2 is 1.82 bits per heavy atom. The minimum atomic E-state index is -0.271. The topological polar surface area (TPSA) is 68.9 Å². The minimum absolute atomic E-state index is 0.127. The first-order valence-electron chi connectivity index (χ1n) is 9.74. The lowest BCUT2D eigenvalue weighted by Crippen LogP contribution is -2.23. The predicted octanol–water partition coefficient (Wildman–Crippen LogP) is 4.56. The van der Waals surface area contributed by atoms with Crippen LogP contribution in [0.3, 0.4) is 0 Å². The van der Waals surface area contributed by atoms with Crippen molar-refractivity contribution in [3.63, 3.8) is 0 Å². The van der Waals surface area contributed by atoms with Crippen LogP contribution in [-0.4, -0.2) is 29.4 Å². The van der Waals surface area contributed by atoms with E-state index in [1.165, 1.54) is 12.8 Å². The molecule has 1 saturated heterocycles. The molecule has 1 atom stereocenters. The van der Waals surface area contributed by atoms with Crippen LogP contribution >= 0.6 is 0 Å². The molecule has 0 radical (unpaired) electrons. The van der Waals surface area contributed by atoms with E-state index in [1.54, 1.807) is 18.5 Å². The number of aromatic hydroxyl groups is 1. The largest absolute Gasteiger partial charge is 0.508 e. The molecular formula is C23H23N3O2. The van der Waals surface area contributed by atoms with Gasteiger partial charge in [0.2, 0.25) is 5.88 Å². The predicted molar refractivity (Wildman–Crippen MR) is 108 cm³/mol. The second kappa shape index (κ2) is 8.18. The van der Waals surface area contributed by atoms with Gasteiger partial charge in [-0.2, -0.15) is 5.26 Å². The summed E-state index contributed by atoms with van der Waals surface area (Å²) in [6.07, 6.45) is 6.60. The van der Waals surface area contributed by atoms with Gasteiger partial charge in [0, 0.05) is 24.7 Å². The quantitative estimate of drug-likeness (QED) is 0.633. The highest BCUT2D eigenvalue weighted by atomic mass is 16.5. The van der Waals surface area contributed by atoms with Gasteiger partial charge in [-0.25, -0.2) is 4.99 Å². The van der Waals surface area contributed by atoms with E-state index in [2.05, 4.69) is 16.0 Å². The molecule has 2 aromatic rings. The van der Waals surface area contributed by atoms with Crippen molar-refractivity contribution < 1.29 is 9.84 Å². The number of benzene rings is 2. The summed E-state index contributed by atoms with van der Waals surface area (Å²) in [6, 6.07) is 17.2. The van der Waals surface area contributed by atoms with E-state index in [1.807, 2.05) is 36.4 Å². The highest BCUT2D eigenvalue weighted by Gasteiger charge is 2.31. The maximum absolute atomic E-state index is 9.93. The van der Waals surface area contributed by atoms with Crippen molar-refractivity contribution in [2.45, 2.75) is 31.6 Å². The SMILES string of the molecule is N#CC1=C(N=CN2CCCCCC2)Oc2cc(O)ccc2C1c1ccccc1. The lowest BCUT2D eigenvalue weighted by atomic mass is 9.83. The molecule has 28 heavy (non-hydrogen) atoms. The summed E-state index contributed by atoms with van der Waals surface area (Å²) in [5, 5.41) is 19.8. The number of hydrogen-bond acceptors (Lipinski definition) is 4. The van der Waals surface area contributed by atoms with Crippen molar-refractivity contribution in [3.05, 3.63) is 71.1 Å². The molecule has 2 aromatic carbocycles. The van der Waals surface area contributed by atoms with E-state index < -0.39 is 0 Å². The summed E-state index contributed by atoms with van der Waals surface area (Å²) >= 11 is 0. The number of fused-ring (bicyclic) bond motifs is 1. The van der Waals surface area contributed by atoms with Crippen molar-refractivity contribution in [3.8, 4) is 17.6 Å².